The molecule has 0 fully saturated rings. The summed E-state index contributed by atoms with van der Waals surface area (Å²) in [4.78, 5) is 19.3. The summed E-state index contributed by atoms with van der Waals surface area (Å²) in [6.07, 6.45) is 0. The third-order valence-electron chi connectivity index (χ3n) is 2.42. The Hall–Kier alpha value is -2.07. The van der Waals surface area contributed by atoms with Crippen LogP contribution in [0.1, 0.15) is 6.92 Å². The molecule has 0 saturated carbocycles. The minimum absolute atomic E-state index is 0.459. The van der Waals surface area contributed by atoms with Crippen LogP contribution in [0.4, 0.5) is 10.1 Å². The molecule has 10 heteroatoms. The number of halogens is 1. The number of sulfonamides is 1. The third kappa shape index (κ3) is 3.71. The van der Waals surface area contributed by atoms with E-state index in [4.69, 9.17) is 5.11 Å². The van der Waals surface area contributed by atoms with Crippen LogP contribution in [-0.2, 0) is 14.8 Å². The number of non-ortho nitro benzene ring substituents is 1. The highest BCUT2D eigenvalue weighted by molar-refractivity contribution is 7.89. The molecule has 0 saturated heterocycles. The second-order valence-electron chi connectivity index (χ2n) is 3.96. The van der Waals surface area contributed by atoms with Gasteiger partial charge in [-0.2, -0.15) is 0 Å². The topological polar surface area (TPSA) is 127 Å². The summed E-state index contributed by atoms with van der Waals surface area (Å²) < 4.78 is 38.9. The average Bonchev–Trinajstić information content (AvgIpc) is 2.35. The number of carboxylic acids is 1. The Kier molecular flexibility index (Phi) is 4.73. The van der Waals surface area contributed by atoms with E-state index >= 15 is 0 Å². The van der Waals surface area contributed by atoms with E-state index in [2.05, 4.69) is 0 Å². The van der Waals surface area contributed by atoms with Gasteiger partial charge >= 0.3 is 5.97 Å². The van der Waals surface area contributed by atoms with Gasteiger partial charge in [0.05, 0.1) is 10.8 Å². The van der Waals surface area contributed by atoms with E-state index < -0.39 is 49.8 Å². The van der Waals surface area contributed by atoms with Gasteiger partial charge in [-0.15, -0.1) is 0 Å². The highest BCUT2D eigenvalue weighted by atomic mass is 32.2. The van der Waals surface area contributed by atoms with Crippen molar-refractivity contribution in [1.29, 1.82) is 0 Å². The van der Waals surface area contributed by atoms with Gasteiger partial charge in [0, 0.05) is 18.7 Å². The molecule has 1 aromatic carbocycles. The number of hydrogen-bond donors (Lipinski definition) is 2. The second-order valence-corrected chi connectivity index (χ2v) is 5.70. The van der Waals surface area contributed by atoms with Gasteiger partial charge in [-0.05, 0) is 6.07 Å². The number of nitro groups is 1. The molecule has 2 N–H and O–H groups in total. The molecule has 0 aromatic heterocycles. The average molecular weight is 306 g/mol. The van der Waals surface area contributed by atoms with Gasteiger partial charge in [-0.1, -0.05) is 6.92 Å². The zero-order chi connectivity index (χ0) is 15.5. The molecule has 0 radical (unpaired) electrons. The Bertz CT molecular complexity index is 645. The first-order chi connectivity index (χ1) is 9.15. The van der Waals surface area contributed by atoms with Crippen LogP contribution in [0.25, 0.3) is 0 Å². The summed E-state index contributed by atoms with van der Waals surface area (Å²) in [6, 6.07) is 2.06. The maximum Gasteiger partial charge on any atom is 0.307 e. The molecule has 0 aliphatic heterocycles. The van der Waals surface area contributed by atoms with Crippen LogP contribution in [0.15, 0.2) is 23.1 Å². The van der Waals surface area contributed by atoms with E-state index in [-0.39, 0.29) is 0 Å². The van der Waals surface area contributed by atoms with Crippen LogP contribution in [0, 0.1) is 21.8 Å². The molecule has 8 nitrogen and oxygen atoms in total. The van der Waals surface area contributed by atoms with Gasteiger partial charge in [0.25, 0.3) is 5.69 Å². The van der Waals surface area contributed by atoms with Crippen LogP contribution in [0.5, 0.6) is 0 Å². The fraction of sp³-hybridized carbons (Fsp3) is 0.300. The van der Waals surface area contributed by atoms with Crippen molar-refractivity contribution in [2.45, 2.75) is 11.8 Å². The molecular formula is C10H11FN2O6S. The van der Waals surface area contributed by atoms with Crippen molar-refractivity contribution >= 4 is 21.7 Å². The first-order valence-electron chi connectivity index (χ1n) is 5.31. The Morgan fingerprint density at radius 2 is 2.15 bits per heavy atom. The standard InChI is InChI=1S/C10H11FN2O6S/c1-6(10(14)15)5-12-20(18,19)9-4-7(13(16)17)2-3-8(9)11/h2-4,6,12H,5H2,1H3,(H,14,15). The lowest BCUT2D eigenvalue weighted by Gasteiger charge is -2.09. The number of nitrogens with one attached hydrogen (secondary N) is 1. The van der Waals surface area contributed by atoms with E-state index in [1.807, 2.05) is 4.72 Å². The quantitative estimate of drug-likeness (QED) is 0.589. The van der Waals surface area contributed by atoms with Crippen molar-refractivity contribution in [3.8, 4) is 0 Å². The van der Waals surface area contributed by atoms with Crippen LogP contribution >= 0.6 is 0 Å². The number of hydrogen-bond acceptors (Lipinski definition) is 5. The maximum absolute atomic E-state index is 13.5. The van der Waals surface area contributed by atoms with Gasteiger partial charge < -0.3 is 5.11 Å². The lowest BCUT2D eigenvalue weighted by atomic mass is 10.2. The van der Waals surface area contributed by atoms with E-state index in [0.717, 1.165) is 6.07 Å². The normalized spacial score (nSPS) is 12.9. The number of nitrogens with zero attached hydrogens (tertiary/aromatic N) is 1. The van der Waals surface area contributed by atoms with E-state index in [0.29, 0.717) is 12.1 Å². The molecule has 1 unspecified atom stereocenters. The molecule has 1 aromatic rings. The fourth-order valence-corrected chi connectivity index (χ4v) is 2.44. The number of carbonyl (C=O) groups is 1. The number of aliphatic carboxylic acids is 1. The zero-order valence-corrected chi connectivity index (χ0v) is 11.1. The molecule has 20 heavy (non-hydrogen) atoms. The lowest BCUT2D eigenvalue weighted by molar-refractivity contribution is -0.385. The minimum Gasteiger partial charge on any atom is -0.481 e. The first kappa shape index (κ1) is 16.0. The van der Waals surface area contributed by atoms with Gasteiger partial charge in [0.1, 0.15) is 10.7 Å². The Morgan fingerprint density at radius 3 is 2.65 bits per heavy atom. The highest BCUT2D eigenvalue weighted by Gasteiger charge is 2.24. The Labute approximate surface area is 113 Å². The molecular weight excluding hydrogens is 295 g/mol. The maximum atomic E-state index is 13.5. The SMILES string of the molecule is CC(CNS(=O)(=O)c1cc([N+](=O)[O-])ccc1F)C(=O)O. The van der Waals surface area contributed by atoms with Crippen molar-refractivity contribution in [2.75, 3.05) is 6.54 Å². The van der Waals surface area contributed by atoms with Crippen molar-refractivity contribution in [2.24, 2.45) is 5.92 Å². The van der Waals surface area contributed by atoms with Crippen molar-refractivity contribution in [3.05, 3.63) is 34.1 Å². The zero-order valence-electron chi connectivity index (χ0n) is 10.2. The molecule has 0 spiro atoms. The molecule has 0 heterocycles. The number of benzene rings is 1. The van der Waals surface area contributed by atoms with Crippen molar-refractivity contribution in [3.63, 3.8) is 0 Å². The summed E-state index contributed by atoms with van der Waals surface area (Å²) >= 11 is 0. The monoisotopic (exact) mass is 306 g/mol. The summed E-state index contributed by atoms with van der Waals surface area (Å²) in [7, 11) is -4.37. The van der Waals surface area contributed by atoms with Crippen LogP contribution in [-0.4, -0.2) is 31.0 Å². The Morgan fingerprint density at radius 1 is 1.55 bits per heavy atom. The number of nitro benzene ring substituents is 1. The van der Waals surface area contributed by atoms with Gasteiger partial charge in [-0.3, -0.25) is 14.9 Å². The van der Waals surface area contributed by atoms with E-state index in [1.165, 1.54) is 6.92 Å². The van der Waals surface area contributed by atoms with Gasteiger partial charge in [0.2, 0.25) is 10.0 Å². The number of carboxylic acid groups (broad SMARTS) is 1. The summed E-state index contributed by atoms with van der Waals surface area (Å²) in [6.45, 7) is 0.800. The van der Waals surface area contributed by atoms with E-state index in [9.17, 15) is 27.7 Å². The largest absolute Gasteiger partial charge is 0.481 e. The van der Waals surface area contributed by atoms with Gasteiger partial charge in [-0.25, -0.2) is 17.5 Å². The fourth-order valence-electron chi connectivity index (χ4n) is 1.21. The van der Waals surface area contributed by atoms with Gasteiger partial charge in [0.15, 0.2) is 0 Å². The third-order valence-corrected chi connectivity index (χ3v) is 3.85. The molecule has 0 bridgehead atoms. The summed E-state index contributed by atoms with van der Waals surface area (Å²) in [5, 5.41) is 19.2. The first-order valence-corrected chi connectivity index (χ1v) is 6.80. The Balaban J connectivity index is 3.06. The lowest BCUT2D eigenvalue weighted by Crippen LogP contribution is -2.32. The van der Waals surface area contributed by atoms with Crippen molar-refractivity contribution in [1.82, 2.24) is 4.72 Å². The molecule has 0 aliphatic carbocycles. The van der Waals surface area contributed by atoms with Crippen LogP contribution in [0.2, 0.25) is 0 Å². The molecule has 1 rings (SSSR count). The molecule has 0 aliphatic rings. The van der Waals surface area contributed by atoms with E-state index in [1.54, 1.807) is 0 Å². The number of rotatable bonds is 6. The molecule has 110 valence electrons. The smallest absolute Gasteiger partial charge is 0.307 e. The van der Waals surface area contributed by atoms with Crippen LogP contribution in [0.3, 0.4) is 0 Å². The predicted molar refractivity (Wildman–Crippen MR) is 65.0 cm³/mol. The minimum atomic E-state index is -4.37. The molecule has 1 atom stereocenters. The predicted octanol–water partition coefficient (Wildman–Crippen LogP) is 0.733. The summed E-state index contributed by atoms with van der Waals surface area (Å²) in [5.41, 5.74) is -0.585. The van der Waals surface area contributed by atoms with Crippen LogP contribution < -0.4 is 4.72 Å². The second kappa shape index (κ2) is 5.92. The highest BCUT2D eigenvalue weighted by Crippen LogP contribution is 2.21. The molecule has 0 amide bonds. The summed E-state index contributed by atoms with van der Waals surface area (Å²) in [5.74, 6) is -3.41. The van der Waals surface area contributed by atoms with Crippen molar-refractivity contribution < 1.29 is 27.6 Å².